The first-order chi connectivity index (χ1) is 9.25. The average molecular weight is 299 g/mol. The molecule has 0 radical (unpaired) electrons. The minimum Gasteiger partial charge on any atom is -0.396 e. The van der Waals surface area contributed by atoms with Crippen molar-refractivity contribution in [3.63, 3.8) is 0 Å². The minimum absolute atomic E-state index is 0.0440. The third kappa shape index (κ3) is 4.78. The molecule has 0 aliphatic rings. The van der Waals surface area contributed by atoms with Crippen LogP contribution in [0.4, 0.5) is 0 Å². The summed E-state index contributed by atoms with van der Waals surface area (Å²) in [4.78, 5) is 11.1. The van der Waals surface area contributed by atoms with Gasteiger partial charge in [-0.2, -0.15) is 0 Å². The summed E-state index contributed by atoms with van der Waals surface area (Å²) < 4.78 is 0. The molecular formula is C15H23ClN2O2. The molecule has 0 heterocycles. The van der Waals surface area contributed by atoms with E-state index in [9.17, 15) is 4.79 Å². The lowest BCUT2D eigenvalue weighted by molar-refractivity contribution is 0.100. The van der Waals surface area contributed by atoms with Gasteiger partial charge in [-0.05, 0) is 29.5 Å². The van der Waals surface area contributed by atoms with Gasteiger partial charge in [-0.25, -0.2) is 0 Å². The smallest absolute Gasteiger partial charge is 0.248 e. The van der Waals surface area contributed by atoms with Gasteiger partial charge in [0.2, 0.25) is 5.91 Å². The van der Waals surface area contributed by atoms with E-state index in [0.29, 0.717) is 23.6 Å². The number of nitrogens with one attached hydrogen (secondary N) is 1. The molecule has 1 rings (SSSR count). The van der Waals surface area contributed by atoms with Gasteiger partial charge in [-0.1, -0.05) is 38.4 Å². The summed E-state index contributed by atoms with van der Waals surface area (Å²) >= 11 is 6.15. The summed E-state index contributed by atoms with van der Waals surface area (Å²) in [5, 5.41) is 13.1. The second-order valence-electron chi connectivity index (χ2n) is 5.98. The highest BCUT2D eigenvalue weighted by Crippen LogP contribution is 2.23. The van der Waals surface area contributed by atoms with Gasteiger partial charge in [0.05, 0.1) is 0 Å². The third-order valence-corrected chi connectivity index (χ3v) is 3.69. The number of aliphatic hydroxyl groups excluding tert-OH is 1. The van der Waals surface area contributed by atoms with E-state index < -0.39 is 5.91 Å². The van der Waals surface area contributed by atoms with Gasteiger partial charge >= 0.3 is 0 Å². The molecule has 5 heteroatoms. The van der Waals surface area contributed by atoms with Gasteiger partial charge < -0.3 is 16.2 Å². The highest BCUT2D eigenvalue weighted by atomic mass is 35.5. The van der Waals surface area contributed by atoms with Crippen molar-refractivity contribution in [3.05, 3.63) is 34.3 Å². The number of nitrogens with two attached hydrogens (primary N) is 1. The predicted octanol–water partition coefficient (Wildman–Crippen LogP) is 2.33. The van der Waals surface area contributed by atoms with E-state index in [1.54, 1.807) is 18.2 Å². The Bertz CT molecular complexity index is 469. The molecule has 0 aliphatic heterocycles. The van der Waals surface area contributed by atoms with E-state index >= 15 is 0 Å². The lowest BCUT2D eigenvalue weighted by Crippen LogP contribution is -2.40. The zero-order chi connectivity index (χ0) is 15.3. The first-order valence-corrected chi connectivity index (χ1v) is 7.06. The summed E-state index contributed by atoms with van der Waals surface area (Å²) in [7, 11) is 0. The number of carbonyl (C=O) groups is 1. The third-order valence-electron chi connectivity index (χ3n) is 3.34. The Balaban J connectivity index is 2.76. The Labute approximate surface area is 125 Å². The number of carbonyl (C=O) groups excluding carboxylic acids is 1. The molecule has 0 aliphatic carbocycles. The first kappa shape index (κ1) is 17.0. The number of aliphatic hydroxyl groups is 1. The van der Waals surface area contributed by atoms with Crippen molar-refractivity contribution in [1.82, 2.24) is 5.32 Å². The maximum atomic E-state index is 11.1. The average Bonchev–Trinajstić information content (AvgIpc) is 2.34. The molecule has 1 amide bonds. The number of primary amides is 1. The van der Waals surface area contributed by atoms with Crippen LogP contribution in [-0.2, 0) is 6.54 Å². The number of halogens is 1. The number of hydrogen-bond donors (Lipinski definition) is 3. The lowest BCUT2D eigenvalue weighted by atomic mass is 9.85. The first-order valence-electron chi connectivity index (χ1n) is 6.68. The van der Waals surface area contributed by atoms with Crippen molar-refractivity contribution in [2.45, 2.75) is 39.8 Å². The van der Waals surface area contributed by atoms with Crippen molar-refractivity contribution >= 4 is 17.5 Å². The van der Waals surface area contributed by atoms with Crippen molar-refractivity contribution in [2.75, 3.05) is 6.61 Å². The van der Waals surface area contributed by atoms with Crippen molar-refractivity contribution in [1.29, 1.82) is 0 Å². The molecule has 0 spiro atoms. The van der Waals surface area contributed by atoms with Crippen LogP contribution in [0.5, 0.6) is 0 Å². The second-order valence-corrected chi connectivity index (χ2v) is 6.39. The predicted molar refractivity (Wildman–Crippen MR) is 81.8 cm³/mol. The second kappa shape index (κ2) is 7.07. The van der Waals surface area contributed by atoms with Gasteiger partial charge in [0.25, 0.3) is 0 Å². The Morgan fingerprint density at radius 3 is 2.55 bits per heavy atom. The molecule has 4 N–H and O–H groups in total. The van der Waals surface area contributed by atoms with Crippen molar-refractivity contribution in [3.8, 4) is 0 Å². The van der Waals surface area contributed by atoms with Gasteiger partial charge in [0.1, 0.15) is 0 Å². The fourth-order valence-electron chi connectivity index (χ4n) is 2.05. The maximum absolute atomic E-state index is 11.1. The number of benzene rings is 1. The van der Waals surface area contributed by atoms with E-state index in [-0.39, 0.29) is 18.1 Å². The van der Waals surface area contributed by atoms with Gasteiger partial charge in [0, 0.05) is 29.8 Å². The molecule has 1 unspecified atom stereocenters. The summed E-state index contributed by atoms with van der Waals surface area (Å²) in [6.45, 7) is 7.09. The fraction of sp³-hybridized carbons (Fsp3) is 0.533. The van der Waals surface area contributed by atoms with Crippen LogP contribution in [0.1, 0.15) is 43.1 Å². The van der Waals surface area contributed by atoms with Crippen LogP contribution in [0.2, 0.25) is 5.02 Å². The van der Waals surface area contributed by atoms with E-state index in [2.05, 4.69) is 26.1 Å². The SMILES string of the molecule is CC(C)(C)C(CCO)NCc1ccc(C(N)=O)cc1Cl. The molecule has 20 heavy (non-hydrogen) atoms. The van der Waals surface area contributed by atoms with E-state index in [0.717, 1.165) is 5.56 Å². The van der Waals surface area contributed by atoms with E-state index in [1.807, 2.05) is 0 Å². The molecule has 1 aromatic rings. The standard InChI is InChI=1S/C15H23ClN2O2/c1-15(2,3)13(6-7-19)18-9-11-5-4-10(14(17)20)8-12(11)16/h4-5,8,13,18-19H,6-7,9H2,1-3H3,(H2,17,20). The Morgan fingerprint density at radius 2 is 2.10 bits per heavy atom. The largest absolute Gasteiger partial charge is 0.396 e. The zero-order valence-corrected chi connectivity index (χ0v) is 13.0. The van der Waals surface area contributed by atoms with Crippen molar-refractivity contribution < 1.29 is 9.90 Å². The van der Waals surface area contributed by atoms with Crippen LogP contribution in [0.15, 0.2) is 18.2 Å². The highest BCUT2D eigenvalue weighted by Gasteiger charge is 2.23. The number of hydrogen-bond acceptors (Lipinski definition) is 3. The molecule has 1 atom stereocenters. The van der Waals surface area contributed by atoms with Crippen LogP contribution in [0.3, 0.4) is 0 Å². The molecule has 4 nitrogen and oxygen atoms in total. The van der Waals surface area contributed by atoms with Gasteiger partial charge in [0.15, 0.2) is 0 Å². The molecule has 0 bridgehead atoms. The molecule has 0 aromatic heterocycles. The Morgan fingerprint density at radius 1 is 1.45 bits per heavy atom. The van der Waals surface area contributed by atoms with Crippen LogP contribution in [0, 0.1) is 5.41 Å². The molecule has 0 saturated heterocycles. The van der Waals surface area contributed by atoms with Crippen molar-refractivity contribution in [2.24, 2.45) is 11.1 Å². The zero-order valence-electron chi connectivity index (χ0n) is 12.2. The molecule has 112 valence electrons. The van der Waals surface area contributed by atoms with Gasteiger partial charge in [-0.15, -0.1) is 0 Å². The topological polar surface area (TPSA) is 75.3 Å². The Hall–Kier alpha value is -1.10. The van der Waals surface area contributed by atoms with Crippen LogP contribution >= 0.6 is 11.6 Å². The lowest BCUT2D eigenvalue weighted by Gasteiger charge is -2.31. The van der Waals surface area contributed by atoms with E-state index in [1.165, 1.54) is 0 Å². The summed E-state index contributed by atoms with van der Waals surface area (Å²) in [6.07, 6.45) is 0.681. The fourth-order valence-corrected chi connectivity index (χ4v) is 2.29. The number of amides is 1. The minimum atomic E-state index is -0.487. The maximum Gasteiger partial charge on any atom is 0.248 e. The molecular weight excluding hydrogens is 276 g/mol. The van der Waals surface area contributed by atoms with Crippen LogP contribution in [-0.4, -0.2) is 23.7 Å². The summed E-state index contributed by atoms with van der Waals surface area (Å²) in [5.41, 5.74) is 6.57. The van der Waals surface area contributed by atoms with Crippen LogP contribution < -0.4 is 11.1 Å². The molecule has 0 fully saturated rings. The Kier molecular flexibility index (Phi) is 5.99. The highest BCUT2D eigenvalue weighted by molar-refractivity contribution is 6.31. The summed E-state index contributed by atoms with van der Waals surface area (Å²) in [6, 6.07) is 5.23. The number of rotatable bonds is 6. The normalized spacial score (nSPS) is 13.2. The molecule has 0 saturated carbocycles. The monoisotopic (exact) mass is 298 g/mol. The molecule has 1 aromatic carbocycles. The summed E-state index contributed by atoms with van der Waals surface area (Å²) in [5.74, 6) is -0.487. The van der Waals surface area contributed by atoms with Crippen LogP contribution in [0.25, 0.3) is 0 Å². The quantitative estimate of drug-likeness (QED) is 0.754. The van der Waals surface area contributed by atoms with Gasteiger partial charge in [-0.3, -0.25) is 4.79 Å². The van der Waals surface area contributed by atoms with E-state index in [4.69, 9.17) is 22.4 Å².